The van der Waals surface area contributed by atoms with Crippen LogP contribution in [0.3, 0.4) is 0 Å². The quantitative estimate of drug-likeness (QED) is 0.868. The van der Waals surface area contributed by atoms with Crippen molar-refractivity contribution in [2.45, 2.75) is 37.8 Å². The molecule has 0 unspecified atom stereocenters. The topological polar surface area (TPSA) is 21.3 Å². The Kier molecular flexibility index (Phi) is 4.08. The highest BCUT2D eigenvalue weighted by molar-refractivity contribution is 6.33. The highest BCUT2D eigenvalue weighted by Gasteiger charge is 2.20. The second-order valence-corrected chi connectivity index (χ2v) is 4.74. The maximum Gasteiger partial charge on any atom is 0.0637 e. The van der Waals surface area contributed by atoms with Crippen molar-refractivity contribution in [3.05, 3.63) is 29.3 Å². The second kappa shape index (κ2) is 5.55. The summed E-state index contributed by atoms with van der Waals surface area (Å²) in [5.41, 5.74) is 1.05. The summed E-state index contributed by atoms with van der Waals surface area (Å²) in [5, 5.41) is 4.31. The number of halogens is 1. The summed E-state index contributed by atoms with van der Waals surface area (Å²) in [6.07, 6.45) is 5.04. The van der Waals surface area contributed by atoms with Crippen molar-refractivity contribution in [3.63, 3.8) is 0 Å². The number of hydrogen-bond donors (Lipinski definition) is 1. The molecule has 16 heavy (non-hydrogen) atoms. The minimum absolute atomic E-state index is 0.448. The Balaban J connectivity index is 1.89. The highest BCUT2D eigenvalue weighted by atomic mass is 35.5. The molecule has 0 bridgehead atoms. The summed E-state index contributed by atoms with van der Waals surface area (Å²) >= 11 is 6.11. The largest absolute Gasteiger partial charge is 0.381 e. The Hall–Kier alpha value is -0.730. The minimum Gasteiger partial charge on any atom is -0.381 e. The number of benzene rings is 1. The second-order valence-electron chi connectivity index (χ2n) is 4.33. The van der Waals surface area contributed by atoms with E-state index in [1.54, 1.807) is 7.11 Å². The molecule has 0 aromatic heterocycles. The van der Waals surface area contributed by atoms with Crippen molar-refractivity contribution in [2.75, 3.05) is 12.4 Å². The number of anilines is 1. The maximum atomic E-state index is 6.11. The third kappa shape index (κ3) is 2.89. The van der Waals surface area contributed by atoms with Crippen molar-refractivity contribution < 1.29 is 4.74 Å². The van der Waals surface area contributed by atoms with Gasteiger partial charge in [0.25, 0.3) is 0 Å². The van der Waals surface area contributed by atoms with E-state index in [1.807, 2.05) is 24.3 Å². The molecule has 0 amide bonds. The van der Waals surface area contributed by atoms with Crippen LogP contribution in [0.2, 0.25) is 5.02 Å². The molecule has 0 atom stereocenters. The minimum atomic E-state index is 0.448. The van der Waals surface area contributed by atoms with Gasteiger partial charge in [-0.3, -0.25) is 0 Å². The van der Waals surface area contributed by atoms with E-state index < -0.39 is 0 Å². The zero-order valence-electron chi connectivity index (χ0n) is 9.58. The molecule has 0 aliphatic heterocycles. The fourth-order valence-corrected chi connectivity index (χ4v) is 2.43. The van der Waals surface area contributed by atoms with Gasteiger partial charge in [-0.2, -0.15) is 0 Å². The van der Waals surface area contributed by atoms with Crippen LogP contribution in [0.15, 0.2) is 24.3 Å². The van der Waals surface area contributed by atoms with E-state index in [2.05, 4.69) is 5.32 Å². The number of methoxy groups -OCH3 is 1. The Morgan fingerprint density at radius 1 is 1.19 bits per heavy atom. The van der Waals surface area contributed by atoms with Gasteiger partial charge in [-0.25, -0.2) is 0 Å². The number of nitrogens with one attached hydrogen (secondary N) is 1. The molecular weight excluding hydrogens is 222 g/mol. The van der Waals surface area contributed by atoms with Crippen molar-refractivity contribution in [1.29, 1.82) is 0 Å². The van der Waals surface area contributed by atoms with Gasteiger partial charge in [0.15, 0.2) is 0 Å². The molecule has 1 saturated carbocycles. The SMILES string of the molecule is COC1CCC(Nc2ccccc2Cl)CC1. The first kappa shape index (κ1) is 11.7. The molecule has 2 nitrogen and oxygen atoms in total. The van der Waals surface area contributed by atoms with Crippen molar-refractivity contribution in [3.8, 4) is 0 Å². The fraction of sp³-hybridized carbons (Fsp3) is 0.538. The number of para-hydroxylation sites is 1. The lowest BCUT2D eigenvalue weighted by molar-refractivity contribution is 0.0682. The molecule has 88 valence electrons. The first-order valence-corrected chi connectivity index (χ1v) is 6.21. The van der Waals surface area contributed by atoms with Gasteiger partial charge in [-0.1, -0.05) is 23.7 Å². The van der Waals surface area contributed by atoms with Crippen LogP contribution in [0.4, 0.5) is 5.69 Å². The number of rotatable bonds is 3. The summed E-state index contributed by atoms with van der Waals surface area (Å²) in [7, 11) is 1.80. The molecule has 1 N–H and O–H groups in total. The van der Waals surface area contributed by atoms with E-state index in [4.69, 9.17) is 16.3 Å². The van der Waals surface area contributed by atoms with Gasteiger partial charge in [0, 0.05) is 13.2 Å². The Morgan fingerprint density at radius 2 is 1.88 bits per heavy atom. The van der Waals surface area contributed by atoms with Gasteiger partial charge in [0.1, 0.15) is 0 Å². The summed E-state index contributed by atoms with van der Waals surface area (Å²) in [6, 6.07) is 8.45. The lowest BCUT2D eigenvalue weighted by atomic mass is 9.93. The predicted molar refractivity (Wildman–Crippen MR) is 68.1 cm³/mol. The van der Waals surface area contributed by atoms with E-state index in [0.717, 1.165) is 36.4 Å². The van der Waals surface area contributed by atoms with Crippen LogP contribution in [0, 0.1) is 0 Å². The monoisotopic (exact) mass is 239 g/mol. The van der Waals surface area contributed by atoms with Crippen LogP contribution in [0.25, 0.3) is 0 Å². The molecule has 0 heterocycles. The van der Waals surface area contributed by atoms with Crippen LogP contribution >= 0.6 is 11.6 Å². The van der Waals surface area contributed by atoms with Crippen molar-refractivity contribution in [2.24, 2.45) is 0 Å². The summed E-state index contributed by atoms with van der Waals surface area (Å²) in [6.45, 7) is 0. The standard InChI is InChI=1S/C13H18ClNO/c1-16-11-8-6-10(7-9-11)15-13-5-3-2-4-12(13)14/h2-5,10-11,15H,6-9H2,1H3. The Bertz CT molecular complexity index is 334. The average molecular weight is 240 g/mol. The smallest absolute Gasteiger partial charge is 0.0637 e. The van der Waals surface area contributed by atoms with E-state index in [1.165, 1.54) is 0 Å². The van der Waals surface area contributed by atoms with E-state index in [9.17, 15) is 0 Å². The van der Waals surface area contributed by atoms with Crippen molar-refractivity contribution >= 4 is 17.3 Å². The number of hydrogen-bond acceptors (Lipinski definition) is 2. The summed E-state index contributed by atoms with van der Waals surface area (Å²) < 4.78 is 5.36. The van der Waals surface area contributed by atoms with Gasteiger partial charge in [-0.15, -0.1) is 0 Å². The molecule has 1 aliphatic carbocycles. The van der Waals surface area contributed by atoms with E-state index in [-0.39, 0.29) is 0 Å². The normalized spacial score (nSPS) is 25.4. The van der Waals surface area contributed by atoms with Crippen LogP contribution in [-0.2, 0) is 4.74 Å². The maximum absolute atomic E-state index is 6.11. The molecule has 1 fully saturated rings. The molecule has 0 radical (unpaired) electrons. The molecule has 0 spiro atoms. The lowest BCUT2D eigenvalue weighted by Gasteiger charge is -2.29. The van der Waals surface area contributed by atoms with Gasteiger partial charge in [0.05, 0.1) is 16.8 Å². The fourth-order valence-electron chi connectivity index (χ4n) is 2.24. The molecule has 3 heteroatoms. The van der Waals surface area contributed by atoms with Gasteiger partial charge >= 0.3 is 0 Å². The molecular formula is C13H18ClNO. The highest BCUT2D eigenvalue weighted by Crippen LogP contribution is 2.27. The predicted octanol–water partition coefficient (Wildman–Crippen LogP) is 3.71. The third-order valence-electron chi connectivity index (χ3n) is 3.24. The zero-order chi connectivity index (χ0) is 11.4. The summed E-state index contributed by atoms with van der Waals surface area (Å²) in [5.74, 6) is 0. The average Bonchev–Trinajstić information content (AvgIpc) is 2.33. The molecule has 2 rings (SSSR count). The van der Waals surface area contributed by atoms with Crippen LogP contribution < -0.4 is 5.32 Å². The number of ether oxygens (including phenoxy) is 1. The Labute approximate surface area is 102 Å². The lowest BCUT2D eigenvalue weighted by Crippen LogP contribution is -2.29. The van der Waals surface area contributed by atoms with Gasteiger partial charge < -0.3 is 10.1 Å². The first-order chi connectivity index (χ1) is 7.79. The summed E-state index contributed by atoms with van der Waals surface area (Å²) in [4.78, 5) is 0. The third-order valence-corrected chi connectivity index (χ3v) is 3.57. The van der Waals surface area contributed by atoms with Crippen LogP contribution in [0.5, 0.6) is 0 Å². The van der Waals surface area contributed by atoms with Crippen LogP contribution in [-0.4, -0.2) is 19.3 Å². The Morgan fingerprint density at radius 3 is 2.50 bits per heavy atom. The molecule has 0 saturated heterocycles. The first-order valence-electron chi connectivity index (χ1n) is 5.83. The molecule has 1 aromatic rings. The van der Waals surface area contributed by atoms with Crippen molar-refractivity contribution in [1.82, 2.24) is 0 Å². The van der Waals surface area contributed by atoms with E-state index >= 15 is 0 Å². The van der Waals surface area contributed by atoms with Crippen LogP contribution in [0.1, 0.15) is 25.7 Å². The van der Waals surface area contributed by atoms with E-state index in [0.29, 0.717) is 12.1 Å². The zero-order valence-corrected chi connectivity index (χ0v) is 10.3. The molecule has 1 aliphatic rings. The van der Waals surface area contributed by atoms with Gasteiger partial charge in [-0.05, 0) is 37.8 Å². The molecule has 1 aromatic carbocycles. The van der Waals surface area contributed by atoms with Gasteiger partial charge in [0.2, 0.25) is 0 Å².